The molecule has 0 aliphatic heterocycles. The molecule has 6 nitrogen and oxygen atoms in total. The lowest BCUT2D eigenvalue weighted by Crippen LogP contribution is -2.29. The fourth-order valence-corrected chi connectivity index (χ4v) is 1.17. The number of carbonyl (C=O) groups excluding carboxylic acids is 1. The SMILES string of the molecule is CCCNC(=O)Nc1cc(F)ccc1[N+](=O)[O-]. The molecule has 7 heteroatoms. The van der Waals surface area contributed by atoms with E-state index in [1.165, 1.54) is 0 Å². The van der Waals surface area contributed by atoms with Gasteiger partial charge >= 0.3 is 6.03 Å². The number of rotatable bonds is 4. The number of nitrogens with zero attached hydrogens (tertiary/aromatic N) is 1. The van der Waals surface area contributed by atoms with Crippen LogP contribution in [0.5, 0.6) is 0 Å². The van der Waals surface area contributed by atoms with Gasteiger partial charge < -0.3 is 10.6 Å². The molecule has 17 heavy (non-hydrogen) atoms. The zero-order valence-electron chi connectivity index (χ0n) is 9.20. The standard InChI is InChI=1S/C10H12FN3O3/c1-2-5-12-10(15)13-8-6-7(11)3-4-9(8)14(16)17/h3-4,6H,2,5H2,1H3,(H2,12,13,15). The molecule has 0 unspecified atom stereocenters. The van der Waals surface area contributed by atoms with E-state index in [1.807, 2.05) is 6.92 Å². The predicted molar refractivity (Wildman–Crippen MR) is 60.4 cm³/mol. The Kier molecular flexibility index (Phi) is 4.38. The Balaban J connectivity index is 2.85. The van der Waals surface area contributed by atoms with Crippen molar-refractivity contribution in [3.8, 4) is 0 Å². The zero-order valence-corrected chi connectivity index (χ0v) is 9.20. The van der Waals surface area contributed by atoms with Crippen LogP contribution in [0, 0.1) is 15.9 Å². The Morgan fingerprint density at radius 3 is 2.82 bits per heavy atom. The maximum absolute atomic E-state index is 12.9. The van der Waals surface area contributed by atoms with E-state index >= 15 is 0 Å². The molecule has 0 aliphatic carbocycles. The Morgan fingerprint density at radius 2 is 2.24 bits per heavy atom. The molecular formula is C10H12FN3O3. The molecule has 0 aromatic heterocycles. The van der Waals surface area contributed by atoms with Crippen LogP contribution in [0.3, 0.4) is 0 Å². The van der Waals surface area contributed by atoms with Crippen LogP contribution >= 0.6 is 0 Å². The van der Waals surface area contributed by atoms with Crippen LogP contribution < -0.4 is 10.6 Å². The van der Waals surface area contributed by atoms with Gasteiger partial charge in [0.2, 0.25) is 0 Å². The van der Waals surface area contributed by atoms with Crippen LogP contribution in [0.15, 0.2) is 18.2 Å². The summed E-state index contributed by atoms with van der Waals surface area (Å²) in [5.74, 6) is -0.651. The maximum Gasteiger partial charge on any atom is 0.319 e. The van der Waals surface area contributed by atoms with Gasteiger partial charge in [0.15, 0.2) is 0 Å². The van der Waals surface area contributed by atoms with Crippen molar-refractivity contribution in [3.63, 3.8) is 0 Å². The topological polar surface area (TPSA) is 84.3 Å². The molecule has 0 saturated heterocycles. The van der Waals surface area contributed by atoms with Crippen LogP contribution in [-0.4, -0.2) is 17.5 Å². The number of urea groups is 1. The maximum atomic E-state index is 12.9. The number of nitro benzene ring substituents is 1. The highest BCUT2D eigenvalue weighted by Gasteiger charge is 2.16. The first-order valence-corrected chi connectivity index (χ1v) is 5.03. The van der Waals surface area contributed by atoms with Crippen molar-refractivity contribution in [3.05, 3.63) is 34.1 Å². The van der Waals surface area contributed by atoms with Crippen LogP contribution in [0.25, 0.3) is 0 Å². The predicted octanol–water partition coefficient (Wildman–Crippen LogP) is 2.27. The molecule has 1 rings (SSSR count). The molecule has 2 N–H and O–H groups in total. The fourth-order valence-electron chi connectivity index (χ4n) is 1.17. The van der Waals surface area contributed by atoms with Crippen molar-refractivity contribution in [2.24, 2.45) is 0 Å². The molecule has 0 atom stereocenters. The number of anilines is 1. The number of hydrogen-bond donors (Lipinski definition) is 2. The summed E-state index contributed by atoms with van der Waals surface area (Å²) in [5.41, 5.74) is -0.512. The monoisotopic (exact) mass is 241 g/mol. The van der Waals surface area contributed by atoms with Crippen molar-refractivity contribution >= 4 is 17.4 Å². The second-order valence-corrected chi connectivity index (χ2v) is 3.30. The lowest BCUT2D eigenvalue weighted by Gasteiger charge is -2.07. The molecule has 1 aromatic carbocycles. The van der Waals surface area contributed by atoms with E-state index in [2.05, 4.69) is 10.6 Å². The van der Waals surface area contributed by atoms with E-state index in [9.17, 15) is 19.3 Å². The largest absolute Gasteiger partial charge is 0.338 e. The molecule has 2 amide bonds. The van der Waals surface area contributed by atoms with E-state index in [1.54, 1.807) is 0 Å². The number of nitrogens with one attached hydrogen (secondary N) is 2. The van der Waals surface area contributed by atoms with Crippen molar-refractivity contribution in [2.75, 3.05) is 11.9 Å². The van der Waals surface area contributed by atoms with Crippen LogP contribution in [0.4, 0.5) is 20.6 Å². The number of benzene rings is 1. The van der Waals surface area contributed by atoms with E-state index in [-0.39, 0.29) is 11.4 Å². The van der Waals surface area contributed by atoms with E-state index in [0.29, 0.717) is 6.54 Å². The third-order valence-corrected chi connectivity index (χ3v) is 1.94. The summed E-state index contributed by atoms with van der Waals surface area (Å²) < 4.78 is 12.9. The third-order valence-electron chi connectivity index (χ3n) is 1.94. The number of hydrogen-bond acceptors (Lipinski definition) is 3. The number of nitro groups is 1. The first kappa shape index (κ1) is 12.9. The molecule has 1 aromatic rings. The second kappa shape index (κ2) is 5.78. The highest BCUT2D eigenvalue weighted by atomic mass is 19.1. The molecule has 0 bridgehead atoms. The second-order valence-electron chi connectivity index (χ2n) is 3.30. The minimum Gasteiger partial charge on any atom is -0.338 e. The summed E-state index contributed by atoms with van der Waals surface area (Å²) in [4.78, 5) is 21.2. The molecule has 0 radical (unpaired) electrons. The Morgan fingerprint density at radius 1 is 1.53 bits per heavy atom. The van der Waals surface area contributed by atoms with E-state index < -0.39 is 16.8 Å². The van der Waals surface area contributed by atoms with Gasteiger partial charge in [-0.05, 0) is 12.5 Å². The Labute approximate surface area is 97.0 Å². The van der Waals surface area contributed by atoms with Gasteiger partial charge in [-0.2, -0.15) is 0 Å². The third kappa shape index (κ3) is 3.71. The fraction of sp³-hybridized carbons (Fsp3) is 0.300. The molecule has 0 saturated carbocycles. The van der Waals surface area contributed by atoms with Crippen LogP contribution in [0.1, 0.15) is 13.3 Å². The summed E-state index contributed by atoms with van der Waals surface area (Å²) >= 11 is 0. The average molecular weight is 241 g/mol. The van der Waals surface area contributed by atoms with Gasteiger partial charge in [-0.1, -0.05) is 6.92 Å². The zero-order chi connectivity index (χ0) is 12.8. The summed E-state index contributed by atoms with van der Waals surface area (Å²) in [6.07, 6.45) is 0.735. The normalized spacial score (nSPS) is 9.76. The molecule has 92 valence electrons. The Hall–Kier alpha value is -2.18. The van der Waals surface area contributed by atoms with Gasteiger partial charge in [-0.25, -0.2) is 9.18 Å². The highest BCUT2D eigenvalue weighted by Crippen LogP contribution is 2.24. The van der Waals surface area contributed by atoms with Crippen LogP contribution in [-0.2, 0) is 0 Å². The quantitative estimate of drug-likeness (QED) is 0.626. The number of carbonyl (C=O) groups is 1. The van der Waals surface area contributed by atoms with E-state index in [4.69, 9.17) is 0 Å². The van der Waals surface area contributed by atoms with Gasteiger partial charge in [0.25, 0.3) is 5.69 Å². The molecule has 0 aliphatic rings. The average Bonchev–Trinajstić information content (AvgIpc) is 2.26. The number of amides is 2. The minimum atomic E-state index is -0.686. The van der Waals surface area contributed by atoms with Crippen molar-refractivity contribution in [1.29, 1.82) is 0 Å². The highest BCUT2D eigenvalue weighted by molar-refractivity contribution is 5.91. The number of halogens is 1. The summed E-state index contributed by atoms with van der Waals surface area (Å²) in [7, 11) is 0. The van der Waals surface area contributed by atoms with Crippen molar-refractivity contribution in [2.45, 2.75) is 13.3 Å². The Bertz CT molecular complexity index is 437. The van der Waals surface area contributed by atoms with Gasteiger partial charge in [-0.3, -0.25) is 10.1 Å². The van der Waals surface area contributed by atoms with Gasteiger partial charge in [0, 0.05) is 18.7 Å². The molecule has 0 spiro atoms. The lowest BCUT2D eigenvalue weighted by atomic mass is 10.2. The first-order chi connectivity index (χ1) is 8.04. The minimum absolute atomic E-state index is 0.163. The van der Waals surface area contributed by atoms with E-state index in [0.717, 1.165) is 24.6 Å². The summed E-state index contributed by atoms with van der Waals surface area (Å²) in [5, 5.41) is 15.3. The molecule has 0 fully saturated rings. The van der Waals surface area contributed by atoms with Gasteiger partial charge in [-0.15, -0.1) is 0 Å². The summed E-state index contributed by atoms with van der Waals surface area (Å²) in [6.45, 7) is 2.31. The first-order valence-electron chi connectivity index (χ1n) is 5.03. The van der Waals surface area contributed by atoms with Gasteiger partial charge in [0.1, 0.15) is 11.5 Å². The van der Waals surface area contributed by atoms with Gasteiger partial charge in [0.05, 0.1) is 4.92 Å². The lowest BCUT2D eigenvalue weighted by molar-refractivity contribution is -0.384. The van der Waals surface area contributed by atoms with Crippen molar-refractivity contribution < 1.29 is 14.1 Å². The molecule has 0 heterocycles. The summed E-state index contributed by atoms with van der Waals surface area (Å²) in [6, 6.07) is 2.28. The van der Waals surface area contributed by atoms with Crippen LogP contribution in [0.2, 0.25) is 0 Å². The van der Waals surface area contributed by atoms with Crippen molar-refractivity contribution in [1.82, 2.24) is 5.32 Å². The molecular weight excluding hydrogens is 229 g/mol. The smallest absolute Gasteiger partial charge is 0.319 e.